The number of ether oxygens (including phenoxy) is 2. The van der Waals surface area contributed by atoms with E-state index in [0.717, 1.165) is 16.9 Å². The van der Waals surface area contributed by atoms with E-state index in [4.69, 9.17) is 9.47 Å². The van der Waals surface area contributed by atoms with Gasteiger partial charge in [0.25, 0.3) is 5.56 Å². The van der Waals surface area contributed by atoms with E-state index in [1.165, 1.54) is 22.8 Å². The van der Waals surface area contributed by atoms with Crippen molar-refractivity contribution in [2.45, 2.75) is 6.92 Å². The van der Waals surface area contributed by atoms with E-state index in [1.807, 2.05) is 24.3 Å². The Morgan fingerprint density at radius 3 is 2.47 bits per heavy atom. The van der Waals surface area contributed by atoms with Crippen molar-refractivity contribution in [1.29, 1.82) is 0 Å². The second-order valence-corrected chi connectivity index (χ2v) is 7.34. The highest BCUT2D eigenvalue weighted by Crippen LogP contribution is 2.20. The summed E-state index contributed by atoms with van der Waals surface area (Å²) in [6, 6.07) is 14.2. The third-order valence-corrected chi connectivity index (χ3v) is 5.06. The van der Waals surface area contributed by atoms with Gasteiger partial charge in [0.1, 0.15) is 18.1 Å². The quantitative estimate of drug-likeness (QED) is 0.272. The van der Waals surface area contributed by atoms with Gasteiger partial charge in [-0.2, -0.15) is 9.50 Å². The lowest BCUT2D eigenvalue weighted by molar-refractivity contribution is -0.131. The second kappa shape index (κ2) is 8.30. The summed E-state index contributed by atoms with van der Waals surface area (Å²) < 4.78 is 12.3. The molecule has 0 saturated heterocycles. The molecule has 0 radical (unpaired) electrons. The van der Waals surface area contributed by atoms with Gasteiger partial charge in [-0.1, -0.05) is 36.1 Å². The average Bonchev–Trinajstić information content (AvgIpc) is 3.27. The number of fused-ring (bicyclic) bond motifs is 1. The molecule has 0 bridgehead atoms. The summed E-state index contributed by atoms with van der Waals surface area (Å²) in [4.78, 5) is 28.7. The zero-order valence-corrected chi connectivity index (χ0v) is 16.9. The highest BCUT2D eigenvalue weighted by molar-refractivity contribution is 7.15. The summed E-state index contributed by atoms with van der Waals surface area (Å²) in [6.07, 6.45) is 3.43. The Morgan fingerprint density at radius 2 is 1.83 bits per heavy atom. The van der Waals surface area contributed by atoms with Gasteiger partial charge < -0.3 is 9.47 Å². The number of aromatic nitrogens is 3. The molecule has 0 aliphatic rings. The molecular weight excluding hydrogens is 402 g/mol. The van der Waals surface area contributed by atoms with Crippen molar-refractivity contribution in [2.75, 3.05) is 6.61 Å². The zero-order chi connectivity index (χ0) is 21.1. The van der Waals surface area contributed by atoms with Gasteiger partial charge in [0.15, 0.2) is 5.82 Å². The first-order chi connectivity index (χ1) is 14.5. The molecule has 0 amide bonds. The number of rotatable bonds is 6. The molecule has 7 nitrogen and oxygen atoms in total. The lowest BCUT2D eigenvalue weighted by atomic mass is 10.2. The van der Waals surface area contributed by atoms with Crippen LogP contribution in [0.2, 0.25) is 0 Å². The van der Waals surface area contributed by atoms with Gasteiger partial charge in [0.05, 0.1) is 4.53 Å². The average molecular weight is 419 g/mol. The fourth-order valence-electron chi connectivity index (χ4n) is 2.76. The van der Waals surface area contributed by atoms with Crippen LogP contribution in [-0.2, 0) is 4.79 Å². The van der Waals surface area contributed by atoms with E-state index in [0.29, 0.717) is 27.7 Å². The van der Waals surface area contributed by atoms with E-state index < -0.39 is 0 Å². The summed E-state index contributed by atoms with van der Waals surface area (Å²) in [5.41, 5.74) is 1.37. The number of carbonyl (C=O) groups excluding carboxylic acids is 1. The number of nitrogens with zero attached hydrogens (tertiary/aromatic N) is 3. The minimum Gasteiger partial charge on any atom is -0.490 e. The van der Waals surface area contributed by atoms with Crippen LogP contribution in [0.5, 0.6) is 11.5 Å². The molecule has 0 N–H and O–H groups in total. The summed E-state index contributed by atoms with van der Waals surface area (Å²) in [5, 5.41) is 4.35. The van der Waals surface area contributed by atoms with Gasteiger partial charge in [-0.25, -0.2) is 0 Å². The topological polar surface area (TPSA) is 82.8 Å². The molecular formula is C22H17N3O4S. The van der Waals surface area contributed by atoms with Crippen LogP contribution in [0, 0.1) is 0 Å². The molecule has 0 unspecified atom stereocenters. The van der Waals surface area contributed by atoms with Gasteiger partial charge in [-0.05, 0) is 48.0 Å². The fourth-order valence-corrected chi connectivity index (χ4v) is 3.67. The zero-order valence-electron chi connectivity index (χ0n) is 16.1. The predicted octanol–water partition coefficient (Wildman–Crippen LogP) is 2.86. The maximum absolute atomic E-state index is 12.7. The van der Waals surface area contributed by atoms with Gasteiger partial charge in [-0.15, -0.1) is 5.10 Å². The Bertz CT molecular complexity index is 1320. The summed E-state index contributed by atoms with van der Waals surface area (Å²) in [6.45, 7) is 5.40. The second-order valence-electron chi connectivity index (χ2n) is 6.33. The van der Waals surface area contributed by atoms with Gasteiger partial charge in [-0.3, -0.25) is 9.59 Å². The third kappa shape index (κ3) is 4.13. The highest BCUT2D eigenvalue weighted by atomic mass is 32.1. The van der Waals surface area contributed by atoms with Gasteiger partial charge in [0.2, 0.25) is 4.96 Å². The molecule has 30 heavy (non-hydrogen) atoms. The van der Waals surface area contributed by atoms with Crippen LogP contribution in [0.3, 0.4) is 0 Å². The number of hydrogen-bond acceptors (Lipinski definition) is 7. The number of esters is 1. The van der Waals surface area contributed by atoms with E-state index >= 15 is 0 Å². The Hall–Kier alpha value is -3.78. The van der Waals surface area contributed by atoms with Crippen molar-refractivity contribution in [3.05, 3.63) is 81.6 Å². The normalized spacial score (nSPS) is 11.6. The first kappa shape index (κ1) is 19.5. The molecule has 0 spiro atoms. The molecule has 4 aromatic rings. The Labute approximate surface area is 175 Å². The highest BCUT2D eigenvalue weighted by Gasteiger charge is 2.12. The van der Waals surface area contributed by atoms with E-state index in [1.54, 1.807) is 36.4 Å². The smallest absolute Gasteiger partial charge is 0.308 e. The van der Waals surface area contributed by atoms with Crippen molar-refractivity contribution in [3.8, 4) is 22.9 Å². The van der Waals surface area contributed by atoms with Crippen molar-refractivity contribution < 1.29 is 14.3 Å². The number of carbonyl (C=O) groups is 1. The van der Waals surface area contributed by atoms with Gasteiger partial charge in [0, 0.05) is 12.5 Å². The molecule has 150 valence electrons. The van der Waals surface area contributed by atoms with Crippen molar-refractivity contribution in [3.63, 3.8) is 0 Å². The molecule has 2 aromatic carbocycles. The number of hydrogen-bond donors (Lipinski definition) is 0. The minimum atomic E-state index is -0.381. The van der Waals surface area contributed by atoms with Crippen LogP contribution < -0.4 is 19.6 Å². The summed E-state index contributed by atoms with van der Waals surface area (Å²) >= 11 is 1.26. The van der Waals surface area contributed by atoms with Crippen LogP contribution >= 0.6 is 11.3 Å². The predicted molar refractivity (Wildman–Crippen MR) is 115 cm³/mol. The number of thiazole rings is 1. The molecule has 0 aliphatic carbocycles. The molecule has 0 atom stereocenters. The molecule has 4 rings (SSSR count). The van der Waals surface area contributed by atoms with Crippen molar-refractivity contribution in [2.24, 2.45) is 0 Å². The van der Waals surface area contributed by atoms with Crippen molar-refractivity contribution >= 4 is 28.3 Å². The fraction of sp³-hybridized carbons (Fsp3) is 0.0909. The minimum absolute atomic E-state index is 0.233. The van der Waals surface area contributed by atoms with Crippen LogP contribution in [-0.4, -0.2) is 27.2 Å². The molecule has 0 aliphatic heterocycles. The largest absolute Gasteiger partial charge is 0.490 e. The maximum atomic E-state index is 12.7. The lowest BCUT2D eigenvalue weighted by Gasteiger charge is -2.02. The standard InChI is InChI=1S/C22H17N3O4S/c1-3-12-28-17-10-6-16(7-11-17)20-23-22-25(24-20)21(27)19(30-22)13-15-4-8-18(9-5-15)29-14(2)26/h3-11,13H,1,12H2,2H3. The van der Waals surface area contributed by atoms with Crippen LogP contribution in [0.1, 0.15) is 12.5 Å². The van der Waals surface area contributed by atoms with Crippen LogP contribution in [0.15, 0.2) is 66.0 Å². The SMILES string of the molecule is C=CCOc1ccc(-c2nc3sc(=Cc4ccc(OC(C)=O)cc4)c(=O)n3n2)cc1. The van der Waals surface area contributed by atoms with E-state index in [2.05, 4.69) is 16.7 Å². The summed E-state index contributed by atoms with van der Waals surface area (Å²) in [7, 11) is 0. The Balaban J connectivity index is 1.60. The molecule has 8 heteroatoms. The van der Waals surface area contributed by atoms with E-state index in [-0.39, 0.29) is 11.5 Å². The Morgan fingerprint density at radius 1 is 1.13 bits per heavy atom. The maximum Gasteiger partial charge on any atom is 0.308 e. The van der Waals surface area contributed by atoms with E-state index in [9.17, 15) is 9.59 Å². The molecule has 0 saturated carbocycles. The first-order valence-corrected chi connectivity index (χ1v) is 9.89. The van der Waals surface area contributed by atoms with Crippen LogP contribution in [0.25, 0.3) is 22.4 Å². The Kier molecular flexibility index (Phi) is 5.40. The van der Waals surface area contributed by atoms with Crippen LogP contribution in [0.4, 0.5) is 0 Å². The molecule has 2 aromatic heterocycles. The lowest BCUT2D eigenvalue weighted by Crippen LogP contribution is -2.23. The first-order valence-electron chi connectivity index (χ1n) is 9.07. The number of benzene rings is 2. The third-order valence-electron chi connectivity index (χ3n) is 4.10. The molecule has 0 fully saturated rings. The summed E-state index contributed by atoms with van der Waals surface area (Å²) in [5.74, 6) is 1.27. The van der Waals surface area contributed by atoms with Gasteiger partial charge >= 0.3 is 5.97 Å². The molecule has 2 heterocycles. The monoisotopic (exact) mass is 419 g/mol. The van der Waals surface area contributed by atoms with Crippen molar-refractivity contribution in [1.82, 2.24) is 14.6 Å².